The number of alkyl carbamates (subject to hydrolysis) is 1. The number of hydrogen-bond donors (Lipinski definition) is 3. The largest absolute Gasteiger partial charge is 0.480 e. The molecule has 206 valence electrons. The van der Waals surface area contributed by atoms with Gasteiger partial charge in [0.2, 0.25) is 5.91 Å². The highest BCUT2D eigenvalue weighted by Gasteiger charge is 2.31. The second-order valence-corrected chi connectivity index (χ2v) is 9.74. The number of carboxylic acids is 1. The van der Waals surface area contributed by atoms with E-state index in [1.54, 1.807) is 14.0 Å². The van der Waals surface area contributed by atoms with Crippen LogP contribution in [-0.2, 0) is 20.9 Å². The van der Waals surface area contributed by atoms with Crippen LogP contribution in [-0.4, -0.2) is 60.3 Å². The highest BCUT2D eigenvalue weighted by molar-refractivity contribution is 5.89. The van der Waals surface area contributed by atoms with Crippen molar-refractivity contribution in [1.29, 1.82) is 0 Å². The predicted octanol–water partition coefficient (Wildman–Crippen LogP) is 4.01. The molecule has 0 aromatic heterocycles. The molecule has 3 aromatic carbocycles. The summed E-state index contributed by atoms with van der Waals surface area (Å²) in [6.07, 6.45) is -0.758. The minimum atomic E-state index is -1.18. The Labute approximate surface area is 234 Å². The third-order valence-corrected chi connectivity index (χ3v) is 6.84. The number of hydrogen-bond acceptors (Lipinski definition) is 5. The second kappa shape index (κ2) is 13.5. The Morgan fingerprint density at radius 2 is 1.50 bits per heavy atom. The first-order chi connectivity index (χ1) is 19.4. The van der Waals surface area contributed by atoms with Crippen LogP contribution in [0.5, 0.6) is 0 Å². The van der Waals surface area contributed by atoms with Crippen LogP contribution in [0.25, 0.3) is 11.1 Å². The fraction of sp³-hybridized carbons (Fsp3) is 0.281. The van der Waals surface area contributed by atoms with E-state index in [4.69, 9.17) is 4.74 Å². The number of likely N-dealkylation sites (N-methyl/N-ethyl adjacent to an activating group) is 1. The molecule has 40 heavy (non-hydrogen) atoms. The van der Waals surface area contributed by atoms with E-state index in [0.717, 1.165) is 27.8 Å². The lowest BCUT2D eigenvalue weighted by molar-refractivity contribution is -0.142. The molecule has 1 aliphatic carbocycles. The van der Waals surface area contributed by atoms with Crippen LogP contribution in [0.15, 0.2) is 78.9 Å². The number of nitrogens with zero attached hydrogens (tertiary/aromatic N) is 1. The summed E-state index contributed by atoms with van der Waals surface area (Å²) in [6, 6.07) is 23.4. The average Bonchev–Trinajstić information content (AvgIpc) is 3.27. The topological polar surface area (TPSA) is 108 Å². The maximum Gasteiger partial charge on any atom is 0.407 e. The van der Waals surface area contributed by atoms with Gasteiger partial charge in [0.1, 0.15) is 18.7 Å². The van der Waals surface area contributed by atoms with Crippen LogP contribution in [0.2, 0.25) is 0 Å². The van der Waals surface area contributed by atoms with Crippen LogP contribution in [0.4, 0.5) is 4.79 Å². The molecule has 0 saturated carbocycles. The summed E-state index contributed by atoms with van der Waals surface area (Å²) in [5.74, 6) is 3.57. The van der Waals surface area contributed by atoms with E-state index in [2.05, 4.69) is 22.5 Å². The summed E-state index contributed by atoms with van der Waals surface area (Å²) in [5.41, 5.74) is 5.39. The van der Waals surface area contributed by atoms with Crippen molar-refractivity contribution in [3.8, 4) is 23.0 Å². The monoisotopic (exact) mass is 539 g/mol. The Kier molecular flexibility index (Phi) is 9.55. The first-order valence-corrected chi connectivity index (χ1v) is 13.1. The van der Waals surface area contributed by atoms with Crippen molar-refractivity contribution in [2.45, 2.75) is 37.9 Å². The standard InChI is InChI=1S/C32H33N3O5/c1-3-4-18-28(30(36)33-29(31(37)38)20-35(2)19-22-12-6-5-7-13-22)34-32(39)40-21-27-25-16-10-8-14-23(25)24-15-9-11-17-26(24)27/h5-17,27-29H,18-21H2,1-2H3,(H,33,36)(H,34,39)(H,37,38). The van der Waals surface area contributed by atoms with E-state index in [9.17, 15) is 19.5 Å². The number of ether oxygens (including phenoxy) is 1. The van der Waals surface area contributed by atoms with E-state index < -0.39 is 30.1 Å². The molecule has 2 atom stereocenters. The van der Waals surface area contributed by atoms with E-state index in [0.29, 0.717) is 6.54 Å². The lowest BCUT2D eigenvalue weighted by atomic mass is 9.98. The molecule has 1 aliphatic rings. The fourth-order valence-corrected chi connectivity index (χ4v) is 4.92. The number of carbonyl (C=O) groups excluding carboxylic acids is 2. The van der Waals surface area contributed by atoms with Crippen molar-refractivity contribution in [3.63, 3.8) is 0 Å². The average molecular weight is 540 g/mol. The Hall–Kier alpha value is -4.61. The zero-order valence-corrected chi connectivity index (χ0v) is 22.6. The molecule has 2 unspecified atom stereocenters. The Bertz CT molecular complexity index is 1370. The number of benzene rings is 3. The molecule has 2 amide bonds. The summed E-state index contributed by atoms with van der Waals surface area (Å²) in [7, 11) is 1.78. The molecule has 0 aliphatic heterocycles. The van der Waals surface area contributed by atoms with E-state index in [1.165, 1.54) is 0 Å². The third kappa shape index (κ3) is 7.07. The molecule has 0 radical (unpaired) electrons. The zero-order valence-electron chi connectivity index (χ0n) is 22.6. The summed E-state index contributed by atoms with van der Waals surface area (Å²) < 4.78 is 5.58. The van der Waals surface area contributed by atoms with Crippen LogP contribution in [0.1, 0.15) is 36.0 Å². The molecule has 3 N–H and O–H groups in total. The van der Waals surface area contributed by atoms with Gasteiger partial charge >= 0.3 is 12.1 Å². The van der Waals surface area contributed by atoms with Gasteiger partial charge in [-0.2, -0.15) is 0 Å². The molecule has 0 spiro atoms. The first-order valence-electron chi connectivity index (χ1n) is 13.1. The highest BCUT2D eigenvalue weighted by atomic mass is 16.5. The van der Waals surface area contributed by atoms with Gasteiger partial charge in [0, 0.05) is 25.4 Å². The lowest BCUT2D eigenvalue weighted by Gasteiger charge is -2.24. The van der Waals surface area contributed by atoms with Crippen LogP contribution < -0.4 is 10.6 Å². The van der Waals surface area contributed by atoms with Gasteiger partial charge in [0.05, 0.1) is 0 Å². The summed E-state index contributed by atoms with van der Waals surface area (Å²) in [4.78, 5) is 39.7. The van der Waals surface area contributed by atoms with Crippen molar-refractivity contribution in [2.75, 3.05) is 20.2 Å². The van der Waals surface area contributed by atoms with Crippen LogP contribution in [0, 0.1) is 11.8 Å². The summed E-state index contributed by atoms with van der Waals surface area (Å²) in [5, 5.41) is 14.9. The molecular formula is C32H33N3O5. The van der Waals surface area contributed by atoms with Gasteiger partial charge in [-0.25, -0.2) is 9.59 Å². The molecule has 8 nitrogen and oxygen atoms in total. The van der Waals surface area contributed by atoms with Gasteiger partial charge in [-0.15, -0.1) is 11.8 Å². The molecule has 4 rings (SSSR count). The Morgan fingerprint density at radius 1 is 0.900 bits per heavy atom. The SMILES string of the molecule is CC#CCC(NC(=O)OCC1c2ccccc2-c2ccccc21)C(=O)NC(CN(C)Cc1ccccc1)C(=O)O. The maximum atomic E-state index is 13.1. The maximum absolute atomic E-state index is 13.1. The number of amides is 2. The summed E-state index contributed by atoms with van der Waals surface area (Å²) in [6.45, 7) is 2.31. The molecular weight excluding hydrogens is 506 g/mol. The second-order valence-electron chi connectivity index (χ2n) is 9.74. The predicted molar refractivity (Wildman–Crippen MR) is 152 cm³/mol. The van der Waals surface area contributed by atoms with Gasteiger partial charge in [0.25, 0.3) is 0 Å². The quantitative estimate of drug-likeness (QED) is 0.318. The van der Waals surface area contributed by atoms with Crippen molar-refractivity contribution >= 4 is 18.0 Å². The fourth-order valence-electron chi connectivity index (χ4n) is 4.92. The highest BCUT2D eigenvalue weighted by Crippen LogP contribution is 2.44. The van der Waals surface area contributed by atoms with Crippen molar-refractivity contribution in [3.05, 3.63) is 95.6 Å². The number of nitrogens with one attached hydrogen (secondary N) is 2. The number of fused-ring (bicyclic) bond motifs is 3. The van der Waals surface area contributed by atoms with Crippen LogP contribution in [0.3, 0.4) is 0 Å². The molecule has 0 saturated heterocycles. The Balaban J connectivity index is 1.37. The van der Waals surface area contributed by atoms with Crippen molar-refractivity contribution in [2.24, 2.45) is 0 Å². The van der Waals surface area contributed by atoms with Gasteiger partial charge in [0.15, 0.2) is 0 Å². The van der Waals surface area contributed by atoms with Gasteiger partial charge < -0.3 is 20.5 Å². The number of rotatable bonds is 11. The number of carboxylic acid groups (broad SMARTS) is 1. The van der Waals surface area contributed by atoms with Gasteiger partial charge in [-0.05, 0) is 41.8 Å². The molecule has 8 heteroatoms. The van der Waals surface area contributed by atoms with Gasteiger partial charge in [-0.1, -0.05) is 78.9 Å². The minimum absolute atomic E-state index is 0.0126. The lowest BCUT2D eigenvalue weighted by Crippen LogP contribution is -2.54. The van der Waals surface area contributed by atoms with E-state index in [1.807, 2.05) is 83.8 Å². The first kappa shape index (κ1) is 28.4. The van der Waals surface area contributed by atoms with E-state index in [-0.39, 0.29) is 25.5 Å². The van der Waals surface area contributed by atoms with Crippen molar-refractivity contribution in [1.82, 2.24) is 15.5 Å². The van der Waals surface area contributed by atoms with Crippen molar-refractivity contribution < 1.29 is 24.2 Å². The van der Waals surface area contributed by atoms with E-state index >= 15 is 0 Å². The number of aliphatic carboxylic acids is 1. The smallest absolute Gasteiger partial charge is 0.407 e. The van der Waals surface area contributed by atoms with Gasteiger partial charge in [-0.3, -0.25) is 9.69 Å². The minimum Gasteiger partial charge on any atom is -0.480 e. The molecule has 3 aromatic rings. The molecule has 0 bridgehead atoms. The summed E-state index contributed by atoms with van der Waals surface area (Å²) >= 11 is 0. The Morgan fingerprint density at radius 3 is 2.10 bits per heavy atom. The molecule has 0 fully saturated rings. The molecule has 0 heterocycles. The third-order valence-electron chi connectivity index (χ3n) is 6.84. The van der Waals surface area contributed by atoms with Crippen LogP contribution >= 0.6 is 0 Å². The normalized spacial score (nSPS) is 13.3. The zero-order chi connectivity index (χ0) is 28.5. The number of carbonyl (C=O) groups is 3.